The number of hydrogen-bond donors (Lipinski definition) is 12. The van der Waals surface area contributed by atoms with Crippen LogP contribution in [0, 0.1) is 0 Å². The zero-order valence-electron chi connectivity index (χ0n) is 45.8. The van der Waals surface area contributed by atoms with Crippen LogP contribution in [-0.2, 0) is 9.59 Å². The van der Waals surface area contributed by atoms with Crippen LogP contribution in [-0.4, -0.2) is 170 Å². The van der Waals surface area contributed by atoms with Gasteiger partial charge >= 0.3 is 6.03 Å². The number of benzene rings is 4. The van der Waals surface area contributed by atoms with E-state index in [1.54, 1.807) is 9.13 Å². The van der Waals surface area contributed by atoms with Gasteiger partial charge < -0.3 is 71.7 Å². The van der Waals surface area contributed by atoms with E-state index in [4.69, 9.17) is 19.9 Å². The highest BCUT2D eigenvalue weighted by molar-refractivity contribution is 5.99. The summed E-state index contributed by atoms with van der Waals surface area (Å²) >= 11 is 0. The van der Waals surface area contributed by atoms with Gasteiger partial charge in [0.2, 0.25) is 11.8 Å². The van der Waals surface area contributed by atoms with Gasteiger partial charge in [-0.2, -0.15) is 30.1 Å². The van der Waals surface area contributed by atoms with Crippen molar-refractivity contribution in [1.29, 1.82) is 0 Å². The van der Waals surface area contributed by atoms with Crippen LogP contribution >= 0.6 is 0 Å². The molecule has 27 nitrogen and oxygen atoms in total. The third kappa shape index (κ3) is 11.6. The van der Waals surface area contributed by atoms with Gasteiger partial charge in [0, 0.05) is 24.9 Å². The fraction of sp³-hybridized carbons (Fsp3) is 0.271. The van der Waals surface area contributed by atoms with E-state index in [-0.39, 0.29) is 59.2 Å². The standard InChI is InChI=1S/C59H60N18O9/c78-29-45(80)68-41-21-43(51(84)49(41)82)74-31-62-47-53(60-25-39(33-13-5-1-6-14-33)34-15-7-2-8-16-34)70-57(72-55(47)74)76-27-37(23-64-76)66-59(86)67-38-24-65-77(28-38)58-71-54(61-26-40(35-17-9-3-10-18-35)36-19-11-4-12-20-36)48-56(73-58)75(32-63-48)44-22-42(50(83)52(44)85)69-46(81)30-79/h1-20,23-24,27-28,31-32,39-44,49-52,78-79,82-85H,21-22,25-26,29-30H2,(H,68,80)(H,69,81)(H,60,70,72)(H,61,71,73)(H2,66,67,86)/t41?,42?,43?,44?,49-,50-,51?,52?/m0/s1. The molecule has 0 saturated heterocycles. The molecule has 2 aliphatic rings. The van der Waals surface area contributed by atoms with Crippen LogP contribution in [0.2, 0.25) is 0 Å². The van der Waals surface area contributed by atoms with Crippen molar-refractivity contribution in [2.24, 2.45) is 0 Å². The Hall–Kier alpha value is -10.0. The normalized spacial score (nSPS) is 20.2. The number of rotatable bonds is 20. The van der Waals surface area contributed by atoms with Gasteiger partial charge in [-0.15, -0.1) is 0 Å². The number of nitrogens with zero attached hydrogens (tertiary/aromatic N) is 12. The molecule has 440 valence electrons. The molecular formula is C59H60N18O9. The van der Waals surface area contributed by atoms with Crippen LogP contribution in [0.4, 0.5) is 27.8 Å². The Labute approximate surface area is 489 Å². The molecular weight excluding hydrogens is 1100 g/mol. The van der Waals surface area contributed by atoms with Crippen LogP contribution in [0.25, 0.3) is 34.2 Å². The number of imidazole rings is 2. The van der Waals surface area contributed by atoms with E-state index < -0.39 is 79.6 Å². The molecule has 0 aliphatic heterocycles. The number of anilines is 4. The van der Waals surface area contributed by atoms with Crippen molar-refractivity contribution in [1.82, 2.24) is 69.2 Å². The average Bonchev–Trinajstić information content (AvgIpc) is 3.77. The average molecular weight is 1170 g/mol. The van der Waals surface area contributed by atoms with Gasteiger partial charge in [0.05, 0.1) is 73.0 Å². The van der Waals surface area contributed by atoms with Gasteiger partial charge in [0.1, 0.15) is 37.6 Å². The molecule has 4 amide bonds. The van der Waals surface area contributed by atoms with Crippen molar-refractivity contribution in [3.8, 4) is 11.9 Å². The van der Waals surface area contributed by atoms with Gasteiger partial charge in [-0.05, 0) is 35.1 Å². The van der Waals surface area contributed by atoms with E-state index in [9.17, 15) is 45.0 Å². The monoisotopic (exact) mass is 1160 g/mol. The molecule has 0 radical (unpaired) electrons. The van der Waals surface area contributed by atoms with Crippen molar-refractivity contribution < 1.29 is 45.0 Å². The predicted octanol–water partition coefficient (Wildman–Crippen LogP) is 2.76. The van der Waals surface area contributed by atoms with E-state index in [0.29, 0.717) is 35.8 Å². The Kier molecular flexibility index (Phi) is 16.2. The van der Waals surface area contributed by atoms with Gasteiger partial charge in [0.25, 0.3) is 11.9 Å². The minimum Gasteiger partial charge on any atom is -0.388 e. The highest BCUT2D eigenvalue weighted by Gasteiger charge is 2.45. The van der Waals surface area contributed by atoms with E-state index in [1.807, 2.05) is 121 Å². The van der Waals surface area contributed by atoms with Gasteiger partial charge in [0.15, 0.2) is 34.0 Å². The largest absolute Gasteiger partial charge is 0.388 e. The molecule has 6 aromatic heterocycles. The summed E-state index contributed by atoms with van der Waals surface area (Å²) in [4.78, 5) is 66.9. The lowest BCUT2D eigenvalue weighted by molar-refractivity contribution is -0.126. The van der Waals surface area contributed by atoms with E-state index >= 15 is 0 Å². The number of nitrogens with one attached hydrogen (secondary N) is 6. The van der Waals surface area contributed by atoms with Crippen LogP contribution in [0.15, 0.2) is 159 Å². The van der Waals surface area contributed by atoms with Gasteiger partial charge in [-0.3, -0.25) is 9.59 Å². The van der Waals surface area contributed by atoms with Crippen LogP contribution in [0.1, 0.15) is 59.0 Å². The molecule has 10 aromatic rings. The van der Waals surface area contributed by atoms with Crippen LogP contribution in [0.5, 0.6) is 0 Å². The fourth-order valence-corrected chi connectivity index (χ4v) is 11.4. The highest BCUT2D eigenvalue weighted by atomic mass is 16.3. The molecule has 2 aliphatic carbocycles. The smallest absolute Gasteiger partial charge is 0.323 e. The number of hydrogen-bond acceptors (Lipinski definition) is 19. The van der Waals surface area contributed by atoms with Gasteiger partial charge in [-0.25, -0.2) is 24.1 Å². The quantitative estimate of drug-likeness (QED) is 0.0522. The Morgan fingerprint density at radius 3 is 1.21 bits per heavy atom. The zero-order chi connectivity index (χ0) is 59.4. The van der Waals surface area contributed by atoms with E-state index in [1.165, 1.54) is 46.8 Å². The predicted molar refractivity (Wildman–Crippen MR) is 313 cm³/mol. The number of aromatic nitrogens is 12. The summed E-state index contributed by atoms with van der Waals surface area (Å²) in [6.45, 7) is -0.848. The van der Waals surface area contributed by atoms with Crippen molar-refractivity contribution in [2.45, 2.75) is 73.3 Å². The van der Waals surface area contributed by atoms with Crippen molar-refractivity contribution in [3.63, 3.8) is 0 Å². The second-order valence-electron chi connectivity index (χ2n) is 21.1. The second-order valence-corrected chi connectivity index (χ2v) is 21.1. The van der Waals surface area contributed by atoms with E-state index in [2.05, 4.69) is 52.1 Å². The summed E-state index contributed by atoms with van der Waals surface area (Å²) in [5.41, 5.74) is 5.91. The second kappa shape index (κ2) is 24.7. The highest BCUT2D eigenvalue weighted by Crippen LogP contribution is 2.37. The molecule has 8 atom stereocenters. The van der Waals surface area contributed by atoms with Crippen LogP contribution < -0.4 is 31.9 Å². The first-order valence-corrected chi connectivity index (χ1v) is 27.8. The molecule has 86 heavy (non-hydrogen) atoms. The molecule has 2 saturated carbocycles. The van der Waals surface area contributed by atoms with Crippen molar-refractivity contribution >= 4 is 63.2 Å². The Morgan fingerprint density at radius 1 is 0.500 bits per heavy atom. The third-order valence-electron chi connectivity index (χ3n) is 15.7. The Morgan fingerprint density at radius 2 is 0.860 bits per heavy atom. The molecule has 6 heterocycles. The number of amides is 4. The molecule has 6 unspecified atom stereocenters. The summed E-state index contributed by atoms with van der Waals surface area (Å²) in [5, 5.41) is 90.2. The number of aliphatic hydroxyl groups excluding tert-OH is 6. The summed E-state index contributed by atoms with van der Waals surface area (Å²) < 4.78 is 5.93. The summed E-state index contributed by atoms with van der Waals surface area (Å²) in [6.07, 6.45) is 3.51. The maximum Gasteiger partial charge on any atom is 0.323 e. The third-order valence-corrected chi connectivity index (χ3v) is 15.7. The van der Waals surface area contributed by atoms with Crippen LogP contribution in [0.3, 0.4) is 0 Å². The first kappa shape index (κ1) is 56.5. The molecule has 0 spiro atoms. The minimum absolute atomic E-state index is 0.0559. The van der Waals surface area contributed by atoms with E-state index in [0.717, 1.165) is 22.3 Å². The number of carbonyl (C=O) groups is 3. The Balaban J connectivity index is 0.816. The van der Waals surface area contributed by atoms with Crippen molar-refractivity contribution in [2.75, 3.05) is 47.6 Å². The molecule has 12 N–H and O–H groups in total. The maximum absolute atomic E-state index is 13.8. The summed E-state index contributed by atoms with van der Waals surface area (Å²) in [6, 6.07) is 35.9. The fourth-order valence-electron chi connectivity index (χ4n) is 11.4. The SMILES string of the molecule is O=C(CO)NC1CC(n2cnc3c(NCC(c4ccccc4)c4ccccc4)nc(-n4cc(NC(=O)Nc5cnn(-c6nc(NCC(c7ccccc7)c7ccccc7)c7ncn(C8CC(NC(=O)CO)[C@H](O)C8O)c7n6)c5)cn4)nc32)C(O)[C@H]1O. The lowest BCUT2D eigenvalue weighted by Crippen LogP contribution is -2.44. The lowest BCUT2D eigenvalue weighted by atomic mass is 9.91. The zero-order valence-corrected chi connectivity index (χ0v) is 45.8. The molecule has 12 rings (SSSR count). The first-order chi connectivity index (χ1) is 41.9. The molecule has 0 bridgehead atoms. The molecule has 2 fully saturated rings. The van der Waals surface area contributed by atoms with Gasteiger partial charge in [-0.1, -0.05) is 121 Å². The summed E-state index contributed by atoms with van der Waals surface area (Å²) in [7, 11) is 0. The number of fused-ring (bicyclic) bond motifs is 2. The lowest BCUT2D eigenvalue weighted by Gasteiger charge is -2.20. The minimum atomic E-state index is -1.36. The Bertz CT molecular complexity index is 3660. The maximum atomic E-state index is 13.8. The number of aliphatic hydroxyl groups is 6. The first-order valence-electron chi connectivity index (χ1n) is 27.8. The topological polar surface area (TPSA) is 368 Å². The van der Waals surface area contributed by atoms with Crippen molar-refractivity contribution in [3.05, 3.63) is 181 Å². The number of urea groups is 1. The number of carbonyl (C=O) groups excluding carboxylic acids is 3. The molecule has 4 aromatic carbocycles. The summed E-state index contributed by atoms with van der Waals surface area (Å²) in [5.74, 6) is -0.900. The molecule has 27 heteroatoms.